The lowest BCUT2D eigenvalue weighted by Gasteiger charge is -2.29. The minimum Gasteiger partial charge on any atom is -0.368 e. The van der Waals surface area contributed by atoms with E-state index in [1.807, 2.05) is 38.6 Å². The van der Waals surface area contributed by atoms with Gasteiger partial charge in [0.05, 0.1) is 5.54 Å². The molecule has 0 aliphatic carbocycles. The van der Waals surface area contributed by atoms with Gasteiger partial charge in [-0.3, -0.25) is 4.79 Å². The topological polar surface area (TPSA) is 55.1 Å². The first-order valence-corrected chi connectivity index (χ1v) is 8.18. The van der Waals surface area contributed by atoms with Crippen LogP contribution in [0.2, 0.25) is 0 Å². The molecular weight excluding hydrogens is 268 g/mol. The molecule has 1 aromatic rings. The van der Waals surface area contributed by atoms with Gasteiger partial charge >= 0.3 is 0 Å². The number of amides is 1. The zero-order valence-electron chi connectivity index (χ0n) is 12.7. The van der Waals surface area contributed by atoms with Crippen molar-refractivity contribution in [3.8, 4) is 0 Å². The largest absolute Gasteiger partial charge is 0.368 e. The van der Waals surface area contributed by atoms with E-state index in [9.17, 15) is 4.79 Å². The van der Waals surface area contributed by atoms with Gasteiger partial charge in [0, 0.05) is 10.9 Å². The Bertz CT molecular complexity index is 408. The van der Waals surface area contributed by atoms with Crippen molar-refractivity contribution in [1.82, 2.24) is 5.32 Å². The third kappa shape index (κ3) is 5.97. The van der Waals surface area contributed by atoms with Crippen molar-refractivity contribution < 1.29 is 4.79 Å². The van der Waals surface area contributed by atoms with Crippen LogP contribution in [-0.4, -0.2) is 23.2 Å². The maximum absolute atomic E-state index is 11.6. The minimum absolute atomic E-state index is 0.256. The molecule has 4 heteroatoms. The zero-order valence-corrected chi connectivity index (χ0v) is 13.5. The van der Waals surface area contributed by atoms with Gasteiger partial charge in [0.1, 0.15) is 0 Å². The SMILES string of the molecule is CC(C)NC(C)(CCCCSc1ccccc1)C(N)=O. The van der Waals surface area contributed by atoms with Gasteiger partial charge in [-0.1, -0.05) is 24.6 Å². The monoisotopic (exact) mass is 294 g/mol. The third-order valence-corrected chi connectivity index (χ3v) is 4.33. The second-order valence-corrected chi connectivity index (χ2v) is 6.78. The molecule has 0 aliphatic heterocycles. The molecule has 1 unspecified atom stereocenters. The van der Waals surface area contributed by atoms with Crippen LogP contribution in [0.15, 0.2) is 35.2 Å². The Morgan fingerprint density at radius 1 is 1.30 bits per heavy atom. The van der Waals surface area contributed by atoms with Gasteiger partial charge in [-0.15, -0.1) is 11.8 Å². The first-order chi connectivity index (χ1) is 9.44. The Labute approximate surface area is 126 Å². The maximum Gasteiger partial charge on any atom is 0.237 e. The van der Waals surface area contributed by atoms with Crippen LogP contribution in [0.3, 0.4) is 0 Å². The summed E-state index contributed by atoms with van der Waals surface area (Å²) in [6.45, 7) is 5.97. The lowest BCUT2D eigenvalue weighted by atomic mass is 9.93. The van der Waals surface area contributed by atoms with Gasteiger partial charge < -0.3 is 11.1 Å². The number of carbonyl (C=O) groups excluding carboxylic acids is 1. The molecule has 1 aromatic carbocycles. The van der Waals surface area contributed by atoms with E-state index in [1.54, 1.807) is 0 Å². The predicted octanol–water partition coefficient (Wildman–Crippen LogP) is 3.19. The Balaban J connectivity index is 2.29. The lowest BCUT2D eigenvalue weighted by molar-refractivity contribution is -0.124. The van der Waals surface area contributed by atoms with Gasteiger partial charge in [-0.05, 0) is 51.5 Å². The first kappa shape index (κ1) is 17.1. The molecule has 0 saturated carbocycles. The summed E-state index contributed by atoms with van der Waals surface area (Å²) in [5, 5.41) is 3.28. The second-order valence-electron chi connectivity index (χ2n) is 5.61. The molecule has 0 fully saturated rings. The Morgan fingerprint density at radius 3 is 2.50 bits per heavy atom. The van der Waals surface area contributed by atoms with E-state index in [-0.39, 0.29) is 11.9 Å². The quantitative estimate of drug-likeness (QED) is 0.543. The molecule has 0 aromatic heterocycles. The van der Waals surface area contributed by atoms with E-state index in [1.165, 1.54) is 4.90 Å². The van der Waals surface area contributed by atoms with Crippen LogP contribution in [0.4, 0.5) is 0 Å². The molecule has 3 N–H and O–H groups in total. The van der Waals surface area contributed by atoms with E-state index in [0.29, 0.717) is 0 Å². The maximum atomic E-state index is 11.6. The molecule has 0 heterocycles. The van der Waals surface area contributed by atoms with E-state index in [0.717, 1.165) is 25.0 Å². The number of nitrogens with one attached hydrogen (secondary N) is 1. The number of carbonyl (C=O) groups is 1. The molecule has 112 valence electrons. The molecule has 1 amide bonds. The smallest absolute Gasteiger partial charge is 0.237 e. The van der Waals surface area contributed by atoms with Crippen molar-refractivity contribution in [1.29, 1.82) is 0 Å². The van der Waals surface area contributed by atoms with E-state index < -0.39 is 5.54 Å². The Kier molecular flexibility index (Phi) is 7.10. The summed E-state index contributed by atoms with van der Waals surface area (Å²) in [5.74, 6) is 0.808. The predicted molar refractivity (Wildman–Crippen MR) is 86.9 cm³/mol. The molecule has 0 saturated heterocycles. The van der Waals surface area contributed by atoms with Crippen molar-refractivity contribution in [2.75, 3.05) is 5.75 Å². The average Bonchev–Trinajstić information content (AvgIpc) is 2.38. The number of hydrogen-bond donors (Lipinski definition) is 2. The lowest BCUT2D eigenvalue weighted by Crippen LogP contribution is -2.55. The van der Waals surface area contributed by atoms with Crippen LogP contribution < -0.4 is 11.1 Å². The highest BCUT2D eigenvalue weighted by Crippen LogP contribution is 2.21. The first-order valence-electron chi connectivity index (χ1n) is 7.19. The number of primary amides is 1. The molecule has 1 atom stereocenters. The number of hydrogen-bond acceptors (Lipinski definition) is 3. The number of benzene rings is 1. The summed E-state index contributed by atoms with van der Waals surface area (Å²) in [6, 6.07) is 10.6. The van der Waals surface area contributed by atoms with E-state index >= 15 is 0 Å². The van der Waals surface area contributed by atoms with Crippen molar-refractivity contribution in [3.05, 3.63) is 30.3 Å². The summed E-state index contributed by atoms with van der Waals surface area (Å²) in [6.07, 6.45) is 2.87. The highest BCUT2D eigenvalue weighted by molar-refractivity contribution is 7.99. The van der Waals surface area contributed by atoms with Crippen LogP contribution in [0, 0.1) is 0 Å². The van der Waals surface area contributed by atoms with Gasteiger partial charge in [0.25, 0.3) is 0 Å². The second kappa shape index (κ2) is 8.32. The van der Waals surface area contributed by atoms with Crippen LogP contribution in [0.5, 0.6) is 0 Å². The van der Waals surface area contributed by atoms with Crippen molar-refractivity contribution >= 4 is 17.7 Å². The zero-order chi connectivity index (χ0) is 15.0. The van der Waals surface area contributed by atoms with Gasteiger partial charge in [0.15, 0.2) is 0 Å². The fourth-order valence-electron chi connectivity index (χ4n) is 2.19. The number of unbranched alkanes of at least 4 members (excludes halogenated alkanes) is 1. The Morgan fingerprint density at radius 2 is 1.95 bits per heavy atom. The standard InChI is InChI=1S/C16H26N2OS/c1-13(2)18-16(3,15(17)19)11-7-8-12-20-14-9-5-4-6-10-14/h4-6,9-10,13,18H,7-8,11-12H2,1-3H3,(H2,17,19). The minimum atomic E-state index is -0.592. The third-order valence-electron chi connectivity index (χ3n) is 3.23. The summed E-state index contributed by atoms with van der Waals surface area (Å²) in [4.78, 5) is 12.9. The molecule has 1 rings (SSSR count). The van der Waals surface area contributed by atoms with E-state index in [2.05, 4.69) is 29.6 Å². The summed E-state index contributed by atoms with van der Waals surface area (Å²) in [5.41, 5.74) is 4.93. The average molecular weight is 294 g/mol. The normalized spacial score (nSPS) is 14.2. The molecular formula is C16H26N2OS. The van der Waals surface area contributed by atoms with Crippen molar-refractivity contribution in [2.45, 2.75) is 56.5 Å². The molecule has 0 spiro atoms. The van der Waals surface area contributed by atoms with Gasteiger partial charge in [-0.25, -0.2) is 0 Å². The Hall–Kier alpha value is -1.00. The fourth-order valence-corrected chi connectivity index (χ4v) is 3.12. The molecule has 0 bridgehead atoms. The number of thioether (sulfide) groups is 1. The van der Waals surface area contributed by atoms with Crippen LogP contribution >= 0.6 is 11.8 Å². The molecule has 3 nitrogen and oxygen atoms in total. The summed E-state index contributed by atoms with van der Waals surface area (Å²) in [7, 11) is 0. The van der Waals surface area contributed by atoms with Crippen LogP contribution in [0.25, 0.3) is 0 Å². The number of rotatable bonds is 9. The van der Waals surface area contributed by atoms with Crippen molar-refractivity contribution in [3.63, 3.8) is 0 Å². The van der Waals surface area contributed by atoms with E-state index in [4.69, 9.17) is 5.73 Å². The summed E-state index contributed by atoms with van der Waals surface area (Å²) >= 11 is 1.86. The molecule has 0 aliphatic rings. The molecule has 20 heavy (non-hydrogen) atoms. The van der Waals surface area contributed by atoms with Crippen molar-refractivity contribution in [2.24, 2.45) is 5.73 Å². The van der Waals surface area contributed by atoms with Gasteiger partial charge in [-0.2, -0.15) is 0 Å². The van der Waals surface area contributed by atoms with Gasteiger partial charge in [0.2, 0.25) is 5.91 Å². The highest BCUT2D eigenvalue weighted by Gasteiger charge is 2.30. The summed E-state index contributed by atoms with van der Waals surface area (Å²) < 4.78 is 0. The number of nitrogens with two attached hydrogens (primary N) is 1. The molecule has 0 radical (unpaired) electrons. The highest BCUT2D eigenvalue weighted by atomic mass is 32.2. The fraction of sp³-hybridized carbons (Fsp3) is 0.562. The van der Waals surface area contributed by atoms with Crippen LogP contribution in [-0.2, 0) is 4.79 Å². The van der Waals surface area contributed by atoms with Crippen LogP contribution in [0.1, 0.15) is 40.0 Å².